The lowest BCUT2D eigenvalue weighted by atomic mass is 10.1. The molecule has 0 saturated heterocycles. The average molecular weight is 380 g/mol. The van der Waals surface area contributed by atoms with Gasteiger partial charge >= 0.3 is 0 Å². The van der Waals surface area contributed by atoms with Crippen LogP contribution in [0.1, 0.15) is 19.4 Å². The van der Waals surface area contributed by atoms with Crippen LogP contribution in [0.4, 0.5) is 10.1 Å². The molecule has 0 bridgehead atoms. The van der Waals surface area contributed by atoms with E-state index in [-0.39, 0.29) is 10.6 Å². The molecule has 6 nitrogen and oxygen atoms in total. The number of hydrogen-bond donors (Lipinski definition) is 2. The van der Waals surface area contributed by atoms with Gasteiger partial charge in [-0.1, -0.05) is 19.1 Å². The number of aryl methyl sites for hydroxylation is 1. The van der Waals surface area contributed by atoms with Gasteiger partial charge in [0.15, 0.2) is 0 Å². The molecular formula is C18H21FN2O4S. The fourth-order valence-electron chi connectivity index (χ4n) is 2.28. The molecule has 140 valence electrons. The van der Waals surface area contributed by atoms with Crippen molar-refractivity contribution in [1.29, 1.82) is 0 Å². The molecular weight excluding hydrogens is 359 g/mol. The van der Waals surface area contributed by atoms with Crippen LogP contribution in [0.2, 0.25) is 0 Å². The first kappa shape index (κ1) is 19.9. The van der Waals surface area contributed by atoms with Gasteiger partial charge in [0.05, 0.1) is 13.2 Å². The van der Waals surface area contributed by atoms with E-state index in [2.05, 4.69) is 10.0 Å². The summed E-state index contributed by atoms with van der Waals surface area (Å²) in [5.74, 6) is -1.27. The fourth-order valence-corrected chi connectivity index (χ4v) is 3.67. The van der Waals surface area contributed by atoms with Gasteiger partial charge in [-0.15, -0.1) is 0 Å². The lowest BCUT2D eigenvalue weighted by molar-refractivity contribution is -0.117. The number of sulfonamides is 1. The summed E-state index contributed by atoms with van der Waals surface area (Å²) in [6, 6.07) is 9.32. The molecule has 0 heterocycles. The quantitative estimate of drug-likeness (QED) is 0.774. The Bertz CT molecular complexity index is 883. The number of carbonyl (C=O) groups is 1. The second-order valence-electron chi connectivity index (χ2n) is 5.68. The van der Waals surface area contributed by atoms with Gasteiger partial charge in [0.1, 0.15) is 16.5 Å². The lowest BCUT2D eigenvalue weighted by Crippen LogP contribution is -2.41. The standard InChI is InChI=1S/C18H21FN2O4S/c1-4-13-5-8-15(9-6-13)20-18(22)12(2)21-26(23,24)17-11-14(19)7-10-16(17)25-3/h5-12,21H,4H2,1-3H3,(H,20,22). The van der Waals surface area contributed by atoms with E-state index in [0.29, 0.717) is 5.69 Å². The van der Waals surface area contributed by atoms with Crippen molar-refractivity contribution < 1.29 is 22.3 Å². The Morgan fingerprint density at radius 3 is 2.42 bits per heavy atom. The van der Waals surface area contributed by atoms with E-state index < -0.39 is 27.8 Å². The van der Waals surface area contributed by atoms with Crippen molar-refractivity contribution in [2.75, 3.05) is 12.4 Å². The Morgan fingerprint density at radius 2 is 1.85 bits per heavy atom. The van der Waals surface area contributed by atoms with Gasteiger partial charge in [0.25, 0.3) is 0 Å². The molecule has 0 aliphatic rings. The van der Waals surface area contributed by atoms with Crippen molar-refractivity contribution in [3.8, 4) is 5.75 Å². The monoisotopic (exact) mass is 380 g/mol. The SMILES string of the molecule is CCc1ccc(NC(=O)C(C)NS(=O)(=O)c2cc(F)ccc2OC)cc1. The molecule has 2 rings (SSSR count). The van der Waals surface area contributed by atoms with Gasteiger partial charge in [-0.05, 0) is 49.2 Å². The van der Waals surface area contributed by atoms with Gasteiger partial charge in [-0.3, -0.25) is 4.79 Å². The predicted molar refractivity (Wildman–Crippen MR) is 97.2 cm³/mol. The third-order valence-electron chi connectivity index (χ3n) is 3.77. The van der Waals surface area contributed by atoms with Crippen LogP contribution >= 0.6 is 0 Å². The summed E-state index contributed by atoms with van der Waals surface area (Å²) in [4.78, 5) is 11.9. The third kappa shape index (κ3) is 4.80. The minimum Gasteiger partial charge on any atom is -0.495 e. The van der Waals surface area contributed by atoms with Crippen LogP contribution in [0.5, 0.6) is 5.75 Å². The summed E-state index contributed by atoms with van der Waals surface area (Å²) >= 11 is 0. The topological polar surface area (TPSA) is 84.5 Å². The maximum atomic E-state index is 13.4. The average Bonchev–Trinajstić information content (AvgIpc) is 2.62. The van der Waals surface area contributed by atoms with Crippen LogP contribution < -0.4 is 14.8 Å². The minimum atomic E-state index is -4.15. The van der Waals surface area contributed by atoms with Gasteiger partial charge in [0.2, 0.25) is 15.9 Å². The van der Waals surface area contributed by atoms with Crippen molar-refractivity contribution >= 4 is 21.6 Å². The zero-order valence-electron chi connectivity index (χ0n) is 14.7. The highest BCUT2D eigenvalue weighted by molar-refractivity contribution is 7.89. The van der Waals surface area contributed by atoms with Gasteiger partial charge in [-0.25, -0.2) is 12.8 Å². The van der Waals surface area contributed by atoms with Gasteiger partial charge in [0, 0.05) is 5.69 Å². The highest BCUT2D eigenvalue weighted by Gasteiger charge is 2.25. The van der Waals surface area contributed by atoms with Crippen LogP contribution in [0.25, 0.3) is 0 Å². The Hall–Kier alpha value is -2.45. The summed E-state index contributed by atoms with van der Waals surface area (Å²) in [6.07, 6.45) is 0.875. The number of ether oxygens (including phenoxy) is 1. The van der Waals surface area contributed by atoms with Gasteiger partial charge < -0.3 is 10.1 Å². The fraction of sp³-hybridized carbons (Fsp3) is 0.278. The normalized spacial score (nSPS) is 12.5. The van der Waals surface area contributed by atoms with E-state index in [1.54, 1.807) is 12.1 Å². The van der Waals surface area contributed by atoms with Crippen molar-refractivity contribution in [2.45, 2.75) is 31.2 Å². The molecule has 1 unspecified atom stereocenters. The number of methoxy groups -OCH3 is 1. The summed E-state index contributed by atoms with van der Waals surface area (Å²) in [5, 5.41) is 2.64. The van der Waals surface area contributed by atoms with Crippen molar-refractivity contribution in [3.05, 3.63) is 53.8 Å². The molecule has 26 heavy (non-hydrogen) atoms. The Kier molecular flexibility index (Phi) is 6.33. The maximum Gasteiger partial charge on any atom is 0.245 e. The van der Waals surface area contributed by atoms with E-state index in [1.807, 2.05) is 19.1 Å². The molecule has 0 saturated carbocycles. The number of amides is 1. The molecule has 2 N–H and O–H groups in total. The highest BCUT2D eigenvalue weighted by atomic mass is 32.2. The van der Waals surface area contributed by atoms with E-state index >= 15 is 0 Å². The molecule has 8 heteroatoms. The first-order valence-corrected chi connectivity index (χ1v) is 9.50. The highest BCUT2D eigenvalue weighted by Crippen LogP contribution is 2.24. The van der Waals surface area contributed by atoms with Crippen LogP contribution in [-0.2, 0) is 21.2 Å². The zero-order chi connectivity index (χ0) is 19.3. The number of halogens is 1. The summed E-state index contributed by atoms with van der Waals surface area (Å²) in [7, 11) is -2.87. The van der Waals surface area contributed by atoms with Gasteiger partial charge in [-0.2, -0.15) is 4.72 Å². The van der Waals surface area contributed by atoms with E-state index in [1.165, 1.54) is 20.1 Å². The molecule has 0 fully saturated rings. The van der Waals surface area contributed by atoms with Crippen LogP contribution in [0.15, 0.2) is 47.4 Å². The summed E-state index contributed by atoms with van der Waals surface area (Å²) in [5.41, 5.74) is 1.68. The second kappa shape index (κ2) is 8.29. The van der Waals surface area contributed by atoms with Crippen molar-refractivity contribution in [1.82, 2.24) is 4.72 Å². The van der Waals surface area contributed by atoms with Crippen molar-refractivity contribution in [3.63, 3.8) is 0 Å². The Balaban J connectivity index is 2.13. The Morgan fingerprint density at radius 1 is 1.19 bits per heavy atom. The minimum absolute atomic E-state index is 0.0123. The number of anilines is 1. The first-order chi connectivity index (χ1) is 12.3. The maximum absolute atomic E-state index is 13.4. The first-order valence-electron chi connectivity index (χ1n) is 8.02. The smallest absolute Gasteiger partial charge is 0.245 e. The number of hydrogen-bond acceptors (Lipinski definition) is 4. The third-order valence-corrected chi connectivity index (χ3v) is 5.33. The molecule has 2 aromatic rings. The largest absolute Gasteiger partial charge is 0.495 e. The number of nitrogens with one attached hydrogen (secondary N) is 2. The van der Waals surface area contributed by atoms with E-state index in [4.69, 9.17) is 4.74 Å². The second-order valence-corrected chi connectivity index (χ2v) is 7.36. The van der Waals surface area contributed by atoms with E-state index in [0.717, 1.165) is 24.1 Å². The summed E-state index contributed by atoms with van der Waals surface area (Å²) < 4.78 is 45.6. The molecule has 2 aromatic carbocycles. The number of carbonyl (C=O) groups excluding carboxylic acids is 1. The molecule has 1 atom stereocenters. The molecule has 0 aromatic heterocycles. The van der Waals surface area contributed by atoms with Crippen LogP contribution in [0, 0.1) is 5.82 Å². The molecule has 0 spiro atoms. The zero-order valence-corrected chi connectivity index (χ0v) is 15.6. The molecule has 0 aliphatic heterocycles. The lowest BCUT2D eigenvalue weighted by Gasteiger charge is -2.16. The summed E-state index contributed by atoms with van der Waals surface area (Å²) in [6.45, 7) is 3.42. The molecule has 1 amide bonds. The molecule has 0 aliphatic carbocycles. The predicted octanol–water partition coefficient (Wildman–Crippen LogP) is 2.70. The van der Waals surface area contributed by atoms with Crippen molar-refractivity contribution in [2.24, 2.45) is 0 Å². The Labute approximate surface area is 152 Å². The number of rotatable bonds is 7. The van der Waals surface area contributed by atoms with E-state index in [9.17, 15) is 17.6 Å². The van der Waals surface area contributed by atoms with Crippen LogP contribution in [0.3, 0.4) is 0 Å². The number of benzene rings is 2. The molecule has 0 radical (unpaired) electrons. The van der Waals surface area contributed by atoms with Crippen LogP contribution in [-0.4, -0.2) is 27.5 Å².